The third-order valence-electron chi connectivity index (χ3n) is 2.51. The quantitative estimate of drug-likeness (QED) is 0.499. The summed E-state index contributed by atoms with van der Waals surface area (Å²) >= 11 is 0. The number of carbonyl (C=O) groups is 1. The van der Waals surface area contributed by atoms with Gasteiger partial charge in [0.1, 0.15) is 0 Å². The molecule has 0 bridgehead atoms. The van der Waals surface area contributed by atoms with E-state index in [0.29, 0.717) is 25.0 Å². The second-order valence-corrected chi connectivity index (χ2v) is 4.12. The minimum Gasteiger partial charge on any atom is -0.466 e. The molecule has 0 amide bonds. The molecule has 1 N–H and O–H groups in total. The average molecular weight is 215 g/mol. The number of rotatable bonds is 8. The van der Waals surface area contributed by atoms with Gasteiger partial charge in [-0.05, 0) is 32.2 Å². The summed E-state index contributed by atoms with van der Waals surface area (Å²) < 4.78 is 4.86. The largest absolute Gasteiger partial charge is 0.466 e. The van der Waals surface area contributed by atoms with E-state index in [0.717, 1.165) is 19.4 Å². The molecule has 0 aromatic rings. The highest BCUT2D eigenvalue weighted by atomic mass is 16.5. The Morgan fingerprint density at radius 2 is 2.00 bits per heavy atom. The number of carbonyl (C=O) groups excluding carboxylic acids is 1. The first kappa shape index (κ1) is 14.4. The topological polar surface area (TPSA) is 38.3 Å². The van der Waals surface area contributed by atoms with E-state index in [1.807, 2.05) is 6.92 Å². The van der Waals surface area contributed by atoms with Gasteiger partial charge in [0, 0.05) is 12.5 Å². The maximum atomic E-state index is 11.0. The third kappa shape index (κ3) is 7.37. The monoisotopic (exact) mass is 215 g/mol. The maximum absolute atomic E-state index is 11.0. The van der Waals surface area contributed by atoms with Crippen molar-refractivity contribution < 1.29 is 9.53 Å². The van der Waals surface area contributed by atoms with Crippen LogP contribution in [0.2, 0.25) is 0 Å². The van der Waals surface area contributed by atoms with Crippen LogP contribution in [0.25, 0.3) is 0 Å². The molecule has 0 aliphatic heterocycles. The fourth-order valence-electron chi connectivity index (χ4n) is 1.60. The zero-order valence-corrected chi connectivity index (χ0v) is 10.5. The van der Waals surface area contributed by atoms with E-state index in [1.165, 1.54) is 0 Å². The van der Waals surface area contributed by atoms with Crippen LogP contribution in [0.3, 0.4) is 0 Å². The minimum atomic E-state index is -0.0862. The normalized spacial score (nSPS) is 12.9. The van der Waals surface area contributed by atoms with Gasteiger partial charge in [0.15, 0.2) is 0 Å². The summed E-state index contributed by atoms with van der Waals surface area (Å²) in [6.07, 6.45) is 2.52. The molecule has 0 spiro atoms. The molecular formula is C12H25NO2. The highest BCUT2D eigenvalue weighted by molar-refractivity contribution is 5.69. The van der Waals surface area contributed by atoms with E-state index in [9.17, 15) is 4.79 Å². The number of esters is 1. The number of nitrogens with one attached hydrogen (secondary N) is 1. The average Bonchev–Trinajstić information content (AvgIpc) is 2.17. The van der Waals surface area contributed by atoms with Gasteiger partial charge >= 0.3 is 5.97 Å². The molecule has 0 saturated carbocycles. The van der Waals surface area contributed by atoms with Gasteiger partial charge in [-0.15, -0.1) is 0 Å². The summed E-state index contributed by atoms with van der Waals surface area (Å²) in [4.78, 5) is 11.0. The Morgan fingerprint density at radius 1 is 1.33 bits per heavy atom. The van der Waals surface area contributed by atoms with Crippen molar-refractivity contribution in [2.24, 2.45) is 5.92 Å². The van der Waals surface area contributed by atoms with Crippen LogP contribution in [0.15, 0.2) is 0 Å². The standard InChI is InChI=1S/C12H25NO2/c1-5-11(10(3)4)13-9-7-8-12(14)15-6-2/h10-11,13H,5-9H2,1-4H3. The van der Waals surface area contributed by atoms with Gasteiger partial charge in [-0.2, -0.15) is 0 Å². The van der Waals surface area contributed by atoms with Crippen LogP contribution in [-0.2, 0) is 9.53 Å². The second kappa shape index (κ2) is 8.72. The lowest BCUT2D eigenvalue weighted by molar-refractivity contribution is -0.143. The van der Waals surface area contributed by atoms with Crippen molar-refractivity contribution in [2.45, 2.75) is 53.0 Å². The van der Waals surface area contributed by atoms with Crippen LogP contribution < -0.4 is 5.32 Å². The number of hydrogen-bond donors (Lipinski definition) is 1. The lowest BCUT2D eigenvalue weighted by atomic mass is 10.0. The first-order valence-corrected chi connectivity index (χ1v) is 6.00. The van der Waals surface area contributed by atoms with Gasteiger partial charge < -0.3 is 10.1 Å². The van der Waals surface area contributed by atoms with Crippen molar-refractivity contribution in [1.29, 1.82) is 0 Å². The fraction of sp³-hybridized carbons (Fsp3) is 0.917. The molecular weight excluding hydrogens is 190 g/mol. The summed E-state index contributed by atoms with van der Waals surface area (Å²) in [7, 11) is 0. The second-order valence-electron chi connectivity index (χ2n) is 4.12. The van der Waals surface area contributed by atoms with E-state index in [-0.39, 0.29) is 5.97 Å². The van der Waals surface area contributed by atoms with E-state index in [4.69, 9.17) is 4.74 Å². The predicted molar refractivity (Wildman–Crippen MR) is 62.8 cm³/mol. The molecule has 90 valence electrons. The summed E-state index contributed by atoms with van der Waals surface area (Å²) in [6, 6.07) is 0.562. The van der Waals surface area contributed by atoms with E-state index >= 15 is 0 Å². The van der Waals surface area contributed by atoms with Crippen LogP contribution in [0.4, 0.5) is 0 Å². The number of ether oxygens (including phenoxy) is 1. The molecule has 3 nitrogen and oxygen atoms in total. The highest BCUT2D eigenvalue weighted by Gasteiger charge is 2.09. The van der Waals surface area contributed by atoms with Gasteiger partial charge in [-0.1, -0.05) is 20.8 Å². The van der Waals surface area contributed by atoms with E-state index in [1.54, 1.807) is 0 Å². The summed E-state index contributed by atoms with van der Waals surface area (Å²) in [5, 5.41) is 3.46. The molecule has 0 fully saturated rings. The maximum Gasteiger partial charge on any atom is 0.305 e. The zero-order valence-electron chi connectivity index (χ0n) is 10.5. The van der Waals surface area contributed by atoms with Gasteiger partial charge in [-0.3, -0.25) is 4.79 Å². The Hall–Kier alpha value is -0.570. The van der Waals surface area contributed by atoms with Crippen molar-refractivity contribution in [1.82, 2.24) is 5.32 Å². The van der Waals surface area contributed by atoms with Crippen LogP contribution in [-0.4, -0.2) is 25.2 Å². The van der Waals surface area contributed by atoms with E-state index < -0.39 is 0 Å². The summed E-state index contributed by atoms with van der Waals surface area (Å²) in [5.74, 6) is 0.564. The minimum absolute atomic E-state index is 0.0862. The van der Waals surface area contributed by atoms with Crippen LogP contribution in [0.1, 0.15) is 47.0 Å². The molecule has 0 heterocycles. The zero-order chi connectivity index (χ0) is 11.7. The molecule has 1 unspecified atom stereocenters. The molecule has 3 heteroatoms. The molecule has 0 aliphatic rings. The Kier molecular flexibility index (Phi) is 8.38. The Labute approximate surface area is 93.6 Å². The fourth-order valence-corrected chi connectivity index (χ4v) is 1.60. The molecule has 1 atom stereocenters. The third-order valence-corrected chi connectivity index (χ3v) is 2.51. The summed E-state index contributed by atoms with van der Waals surface area (Å²) in [5.41, 5.74) is 0. The number of hydrogen-bond acceptors (Lipinski definition) is 3. The summed E-state index contributed by atoms with van der Waals surface area (Å²) in [6.45, 7) is 9.83. The van der Waals surface area contributed by atoms with Crippen molar-refractivity contribution in [2.75, 3.05) is 13.2 Å². The molecule has 0 radical (unpaired) electrons. The Balaban J connectivity index is 3.48. The van der Waals surface area contributed by atoms with Gasteiger partial charge in [0.25, 0.3) is 0 Å². The molecule has 0 aliphatic carbocycles. The van der Waals surface area contributed by atoms with E-state index in [2.05, 4.69) is 26.1 Å². The van der Waals surface area contributed by atoms with Gasteiger partial charge in [-0.25, -0.2) is 0 Å². The first-order chi connectivity index (χ1) is 7.11. The van der Waals surface area contributed by atoms with Crippen LogP contribution in [0.5, 0.6) is 0 Å². The first-order valence-electron chi connectivity index (χ1n) is 6.00. The van der Waals surface area contributed by atoms with Crippen LogP contribution in [0, 0.1) is 5.92 Å². The lowest BCUT2D eigenvalue weighted by Gasteiger charge is -2.20. The SMILES string of the molecule is CCOC(=O)CCCNC(CC)C(C)C. The molecule has 0 saturated heterocycles. The Morgan fingerprint density at radius 3 is 2.47 bits per heavy atom. The van der Waals surface area contributed by atoms with Gasteiger partial charge in [0.05, 0.1) is 6.61 Å². The Bertz CT molecular complexity index is 169. The smallest absolute Gasteiger partial charge is 0.305 e. The molecule has 15 heavy (non-hydrogen) atoms. The van der Waals surface area contributed by atoms with Crippen molar-refractivity contribution >= 4 is 5.97 Å². The van der Waals surface area contributed by atoms with Gasteiger partial charge in [0.2, 0.25) is 0 Å². The lowest BCUT2D eigenvalue weighted by Crippen LogP contribution is -2.34. The predicted octanol–water partition coefficient (Wildman–Crippen LogP) is 2.35. The molecule has 0 aromatic heterocycles. The molecule has 0 aromatic carbocycles. The van der Waals surface area contributed by atoms with Crippen molar-refractivity contribution in [3.05, 3.63) is 0 Å². The van der Waals surface area contributed by atoms with Crippen molar-refractivity contribution in [3.8, 4) is 0 Å². The van der Waals surface area contributed by atoms with Crippen LogP contribution >= 0.6 is 0 Å². The molecule has 0 rings (SSSR count). The van der Waals surface area contributed by atoms with Crippen molar-refractivity contribution in [3.63, 3.8) is 0 Å². The highest BCUT2D eigenvalue weighted by Crippen LogP contribution is 2.05.